The van der Waals surface area contributed by atoms with E-state index in [1.807, 2.05) is 0 Å². The second kappa shape index (κ2) is 8.16. The van der Waals surface area contributed by atoms with Crippen molar-refractivity contribution in [3.8, 4) is 0 Å². The minimum Gasteiger partial charge on any atom is -0.313 e. The molecule has 0 spiro atoms. The van der Waals surface area contributed by atoms with Crippen LogP contribution in [0.1, 0.15) is 71.1 Å². The maximum atomic E-state index is 3.71. The third-order valence-corrected chi connectivity index (χ3v) is 4.86. The van der Waals surface area contributed by atoms with Crippen LogP contribution in [0.5, 0.6) is 0 Å². The topological polar surface area (TPSA) is 15.3 Å². The van der Waals surface area contributed by atoms with Gasteiger partial charge >= 0.3 is 0 Å². The first-order valence-corrected chi connectivity index (χ1v) is 8.37. The Morgan fingerprint density at radius 1 is 0.889 bits per heavy atom. The van der Waals surface area contributed by atoms with E-state index in [1.165, 1.54) is 83.8 Å². The maximum absolute atomic E-state index is 3.71. The van der Waals surface area contributed by atoms with Crippen molar-refractivity contribution in [2.45, 2.75) is 83.2 Å². The Balaban J connectivity index is 1.81. The van der Waals surface area contributed by atoms with Crippen LogP contribution in [-0.2, 0) is 0 Å². The summed E-state index contributed by atoms with van der Waals surface area (Å²) in [4.78, 5) is 2.77. The minimum absolute atomic E-state index is 0.768. The number of likely N-dealkylation sites (N-methyl/N-ethyl adjacent to an activating group) is 1. The van der Waals surface area contributed by atoms with Gasteiger partial charge in [0.1, 0.15) is 0 Å². The highest BCUT2D eigenvalue weighted by Gasteiger charge is 2.22. The zero-order valence-corrected chi connectivity index (χ0v) is 12.3. The van der Waals surface area contributed by atoms with Crippen LogP contribution in [0.2, 0.25) is 0 Å². The normalized spacial score (nSPS) is 28.0. The van der Waals surface area contributed by atoms with Crippen molar-refractivity contribution in [1.29, 1.82) is 0 Å². The number of hydrogen-bond acceptors (Lipinski definition) is 2. The first-order valence-electron chi connectivity index (χ1n) is 8.37. The summed E-state index contributed by atoms with van der Waals surface area (Å²) in [7, 11) is 0. The monoisotopic (exact) mass is 252 g/mol. The molecule has 2 aliphatic rings. The lowest BCUT2D eigenvalue weighted by atomic mass is 9.94. The summed E-state index contributed by atoms with van der Waals surface area (Å²) in [5.74, 6) is 0. The first-order chi connectivity index (χ1) is 8.90. The molecular weight excluding hydrogens is 220 g/mol. The Hall–Kier alpha value is -0.0800. The molecule has 1 heterocycles. The average molecular weight is 252 g/mol. The van der Waals surface area contributed by atoms with Gasteiger partial charge in [0, 0.05) is 18.6 Å². The molecule has 2 rings (SSSR count). The summed E-state index contributed by atoms with van der Waals surface area (Å²) in [5, 5.41) is 3.71. The number of hydrogen-bond donors (Lipinski definition) is 1. The molecule has 1 saturated carbocycles. The van der Waals surface area contributed by atoms with E-state index in [1.54, 1.807) is 0 Å². The van der Waals surface area contributed by atoms with Crippen LogP contribution in [0, 0.1) is 0 Å². The Morgan fingerprint density at radius 3 is 2.17 bits per heavy atom. The van der Waals surface area contributed by atoms with E-state index < -0.39 is 0 Å². The van der Waals surface area contributed by atoms with Gasteiger partial charge in [0.05, 0.1) is 0 Å². The Morgan fingerprint density at radius 2 is 1.56 bits per heavy atom. The second-order valence-electron chi connectivity index (χ2n) is 6.23. The third kappa shape index (κ3) is 4.55. The molecule has 0 aromatic heterocycles. The molecule has 1 saturated heterocycles. The van der Waals surface area contributed by atoms with E-state index in [9.17, 15) is 0 Å². The summed E-state index contributed by atoms with van der Waals surface area (Å²) in [6.07, 6.45) is 14.4. The van der Waals surface area contributed by atoms with Gasteiger partial charge in [-0.3, -0.25) is 4.90 Å². The zero-order chi connectivity index (χ0) is 12.6. The molecule has 1 aliphatic carbocycles. The molecule has 0 bridgehead atoms. The van der Waals surface area contributed by atoms with Gasteiger partial charge in [-0.2, -0.15) is 0 Å². The molecule has 1 N–H and O–H groups in total. The molecule has 0 aromatic carbocycles. The van der Waals surface area contributed by atoms with Crippen LogP contribution in [0.3, 0.4) is 0 Å². The van der Waals surface area contributed by atoms with E-state index in [0.29, 0.717) is 0 Å². The van der Waals surface area contributed by atoms with E-state index in [2.05, 4.69) is 17.1 Å². The highest BCUT2D eigenvalue weighted by atomic mass is 15.2. The molecule has 2 nitrogen and oxygen atoms in total. The van der Waals surface area contributed by atoms with E-state index in [-0.39, 0.29) is 0 Å². The summed E-state index contributed by atoms with van der Waals surface area (Å²) >= 11 is 0. The lowest BCUT2D eigenvalue weighted by Crippen LogP contribution is -2.47. The Kier molecular flexibility index (Phi) is 6.50. The number of nitrogens with one attached hydrogen (secondary N) is 1. The van der Waals surface area contributed by atoms with Crippen molar-refractivity contribution in [2.75, 3.05) is 19.6 Å². The molecule has 2 fully saturated rings. The number of rotatable bonds is 4. The van der Waals surface area contributed by atoms with Crippen LogP contribution in [0.15, 0.2) is 0 Å². The summed E-state index contributed by atoms with van der Waals surface area (Å²) in [6.45, 7) is 6.12. The molecule has 106 valence electrons. The van der Waals surface area contributed by atoms with Crippen molar-refractivity contribution >= 4 is 0 Å². The van der Waals surface area contributed by atoms with E-state index in [4.69, 9.17) is 0 Å². The maximum Gasteiger partial charge on any atom is 0.0195 e. The standard InChI is InChI=1S/C16H32N2/c1-2-18(14-15-10-8-9-13-17-15)16-11-6-4-3-5-7-12-16/h15-17H,2-14H2,1H3. The van der Waals surface area contributed by atoms with Crippen molar-refractivity contribution in [3.63, 3.8) is 0 Å². The molecule has 0 aromatic rings. The van der Waals surface area contributed by atoms with Crippen LogP contribution >= 0.6 is 0 Å². The smallest absolute Gasteiger partial charge is 0.0195 e. The predicted molar refractivity (Wildman–Crippen MR) is 79.0 cm³/mol. The van der Waals surface area contributed by atoms with Gasteiger partial charge < -0.3 is 5.32 Å². The molecule has 2 heteroatoms. The van der Waals surface area contributed by atoms with Gasteiger partial charge in [0.2, 0.25) is 0 Å². The summed E-state index contributed by atoms with van der Waals surface area (Å²) in [5.41, 5.74) is 0. The molecule has 1 atom stereocenters. The van der Waals surface area contributed by atoms with Gasteiger partial charge in [-0.25, -0.2) is 0 Å². The summed E-state index contributed by atoms with van der Waals surface area (Å²) in [6, 6.07) is 1.64. The summed E-state index contributed by atoms with van der Waals surface area (Å²) < 4.78 is 0. The molecule has 0 amide bonds. The fourth-order valence-corrected chi connectivity index (χ4v) is 3.70. The molecular formula is C16H32N2. The van der Waals surface area contributed by atoms with Crippen LogP contribution in [0.25, 0.3) is 0 Å². The number of piperidine rings is 1. The minimum atomic E-state index is 0.768. The zero-order valence-electron chi connectivity index (χ0n) is 12.3. The van der Waals surface area contributed by atoms with Crippen LogP contribution < -0.4 is 5.32 Å². The second-order valence-corrected chi connectivity index (χ2v) is 6.23. The van der Waals surface area contributed by atoms with Crippen molar-refractivity contribution in [2.24, 2.45) is 0 Å². The highest BCUT2D eigenvalue weighted by molar-refractivity contribution is 4.80. The highest BCUT2D eigenvalue weighted by Crippen LogP contribution is 2.22. The Bertz CT molecular complexity index is 203. The van der Waals surface area contributed by atoms with Gasteiger partial charge in [0.15, 0.2) is 0 Å². The fraction of sp³-hybridized carbons (Fsp3) is 1.00. The van der Waals surface area contributed by atoms with Crippen LogP contribution in [-0.4, -0.2) is 36.6 Å². The van der Waals surface area contributed by atoms with E-state index in [0.717, 1.165) is 12.1 Å². The third-order valence-electron chi connectivity index (χ3n) is 4.86. The first kappa shape index (κ1) is 14.3. The van der Waals surface area contributed by atoms with Gasteiger partial charge in [0.25, 0.3) is 0 Å². The van der Waals surface area contributed by atoms with Gasteiger partial charge in [-0.1, -0.05) is 45.4 Å². The average Bonchev–Trinajstić information content (AvgIpc) is 2.37. The fourth-order valence-electron chi connectivity index (χ4n) is 3.70. The van der Waals surface area contributed by atoms with E-state index >= 15 is 0 Å². The van der Waals surface area contributed by atoms with Crippen molar-refractivity contribution in [3.05, 3.63) is 0 Å². The Labute approximate surface area is 114 Å². The van der Waals surface area contributed by atoms with Crippen molar-refractivity contribution in [1.82, 2.24) is 10.2 Å². The molecule has 1 aliphatic heterocycles. The lowest BCUT2D eigenvalue weighted by Gasteiger charge is -2.36. The van der Waals surface area contributed by atoms with Gasteiger partial charge in [-0.15, -0.1) is 0 Å². The number of nitrogens with zero attached hydrogens (tertiary/aromatic N) is 1. The molecule has 1 unspecified atom stereocenters. The van der Waals surface area contributed by atoms with Gasteiger partial charge in [-0.05, 0) is 38.8 Å². The molecule has 0 radical (unpaired) electrons. The predicted octanol–water partition coefficient (Wildman–Crippen LogP) is 3.56. The lowest BCUT2D eigenvalue weighted by molar-refractivity contribution is 0.149. The SMILES string of the molecule is CCN(CC1CCCCN1)C1CCCCCCC1. The van der Waals surface area contributed by atoms with Crippen LogP contribution in [0.4, 0.5) is 0 Å². The van der Waals surface area contributed by atoms with Crippen molar-refractivity contribution < 1.29 is 0 Å². The quantitative estimate of drug-likeness (QED) is 0.823. The molecule has 18 heavy (non-hydrogen) atoms. The largest absolute Gasteiger partial charge is 0.313 e.